The van der Waals surface area contributed by atoms with Gasteiger partial charge in [0.15, 0.2) is 5.69 Å². The van der Waals surface area contributed by atoms with Crippen molar-refractivity contribution in [2.24, 2.45) is 5.84 Å². The molecular formula is C25H38N4O4SSi. The maximum absolute atomic E-state index is 12.9. The minimum absolute atomic E-state index is 0.0604. The lowest BCUT2D eigenvalue weighted by Gasteiger charge is -2.42. The summed E-state index contributed by atoms with van der Waals surface area (Å²) in [4.78, 5) is 30.6. The second-order valence-corrected chi connectivity index (χ2v) is 15.9. The molecule has 2 aromatic rings. The van der Waals surface area contributed by atoms with Gasteiger partial charge in [0.25, 0.3) is 11.8 Å². The van der Waals surface area contributed by atoms with Crippen LogP contribution in [0.15, 0.2) is 41.4 Å². The smallest absolute Gasteiger partial charge is 0.295 e. The van der Waals surface area contributed by atoms with Crippen molar-refractivity contribution in [2.75, 3.05) is 19.5 Å². The highest BCUT2D eigenvalue weighted by molar-refractivity contribution is 7.98. The van der Waals surface area contributed by atoms with Gasteiger partial charge in [-0.05, 0) is 40.4 Å². The van der Waals surface area contributed by atoms with Crippen LogP contribution in [0.3, 0.4) is 0 Å². The second-order valence-electron chi connectivity index (χ2n) is 9.42. The van der Waals surface area contributed by atoms with Crippen molar-refractivity contribution in [3.63, 3.8) is 0 Å². The maximum Gasteiger partial charge on any atom is 0.295 e. The number of nitrogen functional groups attached to an aromatic ring is 1. The number of pyridine rings is 1. The molecular weight excluding hydrogens is 480 g/mol. The van der Waals surface area contributed by atoms with Crippen molar-refractivity contribution >= 4 is 37.6 Å². The van der Waals surface area contributed by atoms with Crippen LogP contribution in [-0.4, -0.2) is 43.8 Å². The molecule has 10 heteroatoms. The summed E-state index contributed by atoms with van der Waals surface area (Å²) in [5, 5.41) is 0.559. The van der Waals surface area contributed by atoms with Gasteiger partial charge in [0.2, 0.25) is 8.32 Å². The highest BCUT2D eigenvalue weighted by atomic mass is 32.2. The van der Waals surface area contributed by atoms with Crippen molar-refractivity contribution in [1.29, 1.82) is 0 Å². The van der Waals surface area contributed by atoms with E-state index in [-0.39, 0.29) is 18.0 Å². The van der Waals surface area contributed by atoms with Crippen LogP contribution in [0.25, 0.3) is 0 Å². The highest BCUT2D eigenvalue weighted by Gasteiger charge is 2.45. The Morgan fingerprint density at radius 3 is 2.11 bits per heavy atom. The van der Waals surface area contributed by atoms with Crippen molar-refractivity contribution in [1.82, 2.24) is 9.99 Å². The van der Waals surface area contributed by atoms with Gasteiger partial charge in [0.1, 0.15) is 12.4 Å². The van der Waals surface area contributed by atoms with E-state index < -0.39 is 20.1 Å². The van der Waals surface area contributed by atoms with E-state index in [1.807, 2.05) is 24.3 Å². The number of methoxy groups -OCH3 is 1. The van der Waals surface area contributed by atoms with E-state index in [0.29, 0.717) is 27.4 Å². The van der Waals surface area contributed by atoms with Gasteiger partial charge in [0.05, 0.1) is 12.8 Å². The summed E-state index contributed by atoms with van der Waals surface area (Å²) >= 11 is 1.53. The molecule has 0 aliphatic heterocycles. The zero-order chi connectivity index (χ0) is 26.3. The molecule has 0 fully saturated rings. The van der Waals surface area contributed by atoms with Gasteiger partial charge in [-0.15, -0.1) is 11.8 Å². The van der Waals surface area contributed by atoms with Crippen molar-refractivity contribution in [3.8, 4) is 5.75 Å². The van der Waals surface area contributed by atoms with Gasteiger partial charge in [0, 0.05) is 16.8 Å². The van der Waals surface area contributed by atoms with E-state index >= 15 is 0 Å². The third kappa shape index (κ3) is 6.84. The normalized spacial score (nSPS) is 11.9. The lowest BCUT2D eigenvalue weighted by molar-refractivity contribution is -0.131. The maximum atomic E-state index is 12.9. The molecule has 2 amide bonds. The monoisotopic (exact) mass is 518 g/mol. The van der Waals surface area contributed by atoms with E-state index in [2.05, 4.69) is 46.5 Å². The number of hydrogen-bond acceptors (Lipinski definition) is 8. The molecule has 8 nitrogen and oxygen atoms in total. The first kappa shape index (κ1) is 28.8. The Hall–Kier alpha value is -2.40. The molecule has 0 atom stereocenters. The number of carbonyl (C=O) groups is 2. The van der Waals surface area contributed by atoms with Gasteiger partial charge in [-0.3, -0.25) is 9.59 Å². The molecule has 1 aromatic heterocycles. The molecule has 0 bridgehead atoms. The van der Waals surface area contributed by atoms with Gasteiger partial charge < -0.3 is 14.9 Å². The number of ether oxygens (including phenoxy) is 1. The SMILES string of the molecule is COc1ccc(CSc2cnc(C(=O)N(N)C(=O)CO[Si](C(C)C)(C(C)C)C(C)C)c(N)c2)cc1. The number of anilines is 1. The first-order valence-electron chi connectivity index (χ1n) is 11.7. The Morgan fingerprint density at radius 1 is 1.06 bits per heavy atom. The quantitative estimate of drug-likeness (QED) is 0.140. The van der Waals surface area contributed by atoms with E-state index in [4.69, 9.17) is 20.7 Å². The van der Waals surface area contributed by atoms with Gasteiger partial charge in [-0.25, -0.2) is 15.8 Å². The number of hydrogen-bond donors (Lipinski definition) is 2. The largest absolute Gasteiger partial charge is 0.497 e. The number of hydrazine groups is 1. The molecule has 1 aromatic carbocycles. The molecule has 4 N–H and O–H groups in total. The molecule has 0 aliphatic rings. The molecule has 0 spiro atoms. The number of amides is 2. The number of aromatic nitrogens is 1. The molecule has 0 saturated heterocycles. The fraction of sp³-hybridized carbons (Fsp3) is 0.480. The Bertz CT molecular complexity index is 993. The molecule has 0 saturated carbocycles. The molecule has 1 heterocycles. The summed E-state index contributed by atoms with van der Waals surface area (Å²) < 4.78 is 11.4. The van der Waals surface area contributed by atoms with Crippen LogP contribution in [0.4, 0.5) is 5.69 Å². The molecule has 0 radical (unpaired) electrons. The van der Waals surface area contributed by atoms with Gasteiger partial charge >= 0.3 is 0 Å². The average Bonchev–Trinajstić information content (AvgIpc) is 2.81. The number of carbonyl (C=O) groups excluding carboxylic acids is 2. The van der Waals surface area contributed by atoms with Gasteiger partial charge in [-0.1, -0.05) is 53.7 Å². The van der Waals surface area contributed by atoms with E-state index in [1.165, 1.54) is 11.8 Å². The molecule has 192 valence electrons. The Kier molecular flexibility index (Phi) is 10.3. The minimum atomic E-state index is -2.28. The third-order valence-electron chi connectivity index (χ3n) is 6.30. The number of nitrogens with two attached hydrogens (primary N) is 2. The molecule has 35 heavy (non-hydrogen) atoms. The van der Waals surface area contributed by atoms with Crippen LogP contribution in [0.5, 0.6) is 5.75 Å². The van der Waals surface area contributed by atoms with E-state index in [0.717, 1.165) is 16.2 Å². The van der Waals surface area contributed by atoms with Crippen LogP contribution < -0.4 is 16.3 Å². The Morgan fingerprint density at radius 2 is 1.63 bits per heavy atom. The summed E-state index contributed by atoms with van der Waals surface area (Å²) in [5.41, 5.74) is 8.22. The summed E-state index contributed by atoms with van der Waals surface area (Å²) in [6.45, 7) is 12.5. The number of nitrogens with zero attached hydrogens (tertiary/aromatic N) is 2. The predicted octanol–water partition coefficient (Wildman–Crippen LogP) is 5.00. The summed E-state index contributed by atoms with van der Waals surface area (Å²) in [6, 6.07) is 9.43. The molecule has 0 unspecified atom stereocenters. The zero-order valence-electron chi connectivity index (χ0n) is 21.7. The van der Waals surface area contributed by atoms with Crippen LogP contribution >= 0.6 is 11.8 Å². The predicted molar refractivity (Wildman–Crippen MR) is 144 cm³/mol. The molecule has 2 rings (SSSR count). The standard InChI is InChI=1S/C25H38N4O4SSi/c1-16(2)35(17(3)4,18(5)6)33-14-23(30)29(27)25(31)24-22(26)12-21(13-28-24)34-15-19-8-10-20(32-7)11-9-19/h8-13,16-18H,14-15,26-27H2,1-7H3. The topological polar surface area (TPSA) is 121 Å². The van der Waals surface area contributed by atoms with Crippen LogP contribution in [-0.2, 0) is 15.0 Å². The lowest BCUT2D eigenvalue weighted by Crippen LogP contribution is -2.52. The zero-order valence-corrected chi connectivity index (χ0v) is 23.5. The van der Waals surface area contributed by atoms with Crippen molar-refractivity contribution in [2.45, 2.75) is 68.8 Å². The summed E-state index contributed by atoms with van der Waals surface area (Å²) in [6.07, 6.45) is 1.56. The highest BCUT2D eigenvalue weighted by Crippen LogP contribution is 2.42. The molecule has 0 aliphatic carbocycles. The Balaban J connectivity index is 2.05. The Labute approximate surface area is 213 Å². The van der Waals surface area contributed by atoms with Crippen molar-refractivity contribution in [3.05, 3.63) is 47.8 Å². The first-order chi connectivity index (χ1) is 16.4. The van der Waals surface area contributed by atoms with Crippen LogP contribution in [0.1, 0.15) is 57.6 Å². The fourth-order valence-electron chi connectivity index (χ4n) is 4.59. The minimum Gasteiger partial charge on any atom is -0.497 e. The van der Waals surface area contributed by atoms with E-state index in [9.17, 15) is 9.59 Å². The number of benzene rings is 1. The summed E-state index contributed by atoms with van der Waals surface area (Å²) in [5.74, 6) is 6.00. The lowest BCUT2D eigenvalue weighted by atomic mass is 10.2. The van der Waals surface area contributed by atoms with Crippen LogP contribution in [0.2, 0.25) is 16.6 Å². The first-order valence-corrected chi connectivity index (χ1v) is 14.8. The van der Waals surface area contributed by atoms with Crippen molar-refractivity contribution < 1.29 is 18.8 Å². The van der Waals surface area contributed by atoms with Crippen LogP contribution in [0, 0.1) is 0 Å². The second kappa shape index (κ2) is 12.5. The average molecular weight is 519 g/mol. The fourth-order valence-corrected chi connectivity index (χ4v) is 10.8. The number of thioether (sulfide) groups is 1. The van der Waals surface area contributed by atoms with Gasteiger partial charge in [-0.2, -0.15) is 0 Å². The third-order valence-corrected chi connectivity index (χ3v) is 13.4. The number of imide groups is 1. The van der Waals surface area contributed by atoms with E-state index in [1.54, 1.807) is 19.4 Å². The number of rotatable bonds is 11. The summed E-state index contributed by atoms with van der Waals surface area (Å²) in [7, 11) is -0.649.